The highest BCUT2D eigenvalue weighted by Gasteiger charge is 2.36. The maximum Gasteiger partial charge on any atom is 0.122 e. The van der Waals surface area contributed by atoms with Crippen molar-refractivity contribution >= 4 is 0 Å². The molecule has 1 aromatic rings. The van der Waals surface area contributed by atoms with Crippen LogP contribution in [0.4, 0.5) is 0 Å². The van der Waals surface area contributed by atoms with Crippen LogP contribution in [-0.2, 0) is 6.42 Å². The summed E-state index contributed by atoms with van der Waals surface area (Å²) in [6.07, 6.45) is 6.48. The quantitative estimate of drug-likeness (QED) is 0.872. The zero-order valence-corrected chi connectivity index (χ0v) is 12.8. The highest BCUT2D eigenvalue weighted by molar-refractivity contribution is 5.37. The fourth-order valence-corrected chi connectivity index (χ4v) is 3.51. The number of ether oxygens (including phenoxy) is 1. The lowest BCUT2D eigenvalue weighted by atomic mass is 9.77. The summed E-state index contributed by atoms with van der Waals surface area (Å²) in [7, 11) is 3.86. The van der Waals surface area contributed by atoms with E-state index in [4.69, 9.17) is 4.74 Å². The molecular weight excluding hydrogens is 234 g/mol. The van der Waals surface area contributed by atoms with Gasteiger partial charge in [-0.15, -0.1) is 0 Å². The van der Waals surface area contributed by atoms with Gasteiger partial charge in [0.15, 0.2) is 0 Å². The van der Waals surface area contributed by atoms with E-state index >= 15 is 0 Å². The first-order chi connectivity index (χ1) is 9.09. The Balaban J connectivity index is 2.20. The van der Waals surface area contributed by atoms with Crippen LogP contribution in [0.25, 0.3) is 0 Å². The van der Waals surface area contributed by atoms with Crippen LogP contribution in [0.2, 0.25) is 0 Å². The summed E-state index contributed by atoms with van der Waals surface area (Å²) < 4.78 is 5.51. The van der Waals surface area contributed by atoms with Gasteiger partial charge in [-0.25, -0.2) is 0 Å². The molecular formula is C17H27NO. The number of likely N-dealkylation sites (N-methyl/N-ethyl adjacent to an activating group) is 1. The number of rotatable bonds is 5. The Morgan fingerprint density at radius 2 is 2.00 bits per heavy atom. The zero-order valence-electron chi connectivity index (χ0n) is 12.8. The van der Waals surface area contributed by atoms with E-state index in [0.717, 1.165) is 12.2 Å². The molecule has 1 unspecified atom stereocenters. The SMILES string of the molecule is CNC(Cc1cc(C)ccc1OC)C1(C)CCCC1. The van der Waals surface area contributed by atoms with Crippen LogP contribution < -0.4 is 10.1 Å². The third kappa shape index (κ3) is 3.11. The van der Waals surface area contributed by atoms with E-state index in [0.29, 0.717) is 11.5 Å². The molecule has 0 aliphatic heterocycles. The summed E-state index contributed by atoms with van der Waals surface area (Å²) in [4.78, 5) is 0. The molecule has 1 aliphatic rings. The van der Waals surface area contributed by atoms with E-state index < -0.39 is 0 Å². The maximum atomic E-state index is 5.51. The molecule has 1 aliphatic carbocycles. The summed E-state index contributed by atoms with van der Waals surface area (Å²) >= 11 is 0. The lowest BCUT2D eigenvalue weighted by Gasteiger charge is -2.34. The second kappa shape index (κ2) is 5.96. The van der Waals surface area contributed by atoms with E-state index in [2.05, 4.69) is 44.4 Å². The van der Waals surface area contributed by atoms with Gasteiger partial charge in [0.1, 0.15) is 5.75 Å². The van der Waals surface area contributed by atoms with E-state index in [1.165, 1.54) is 36.8 Å². The fourth-order valence-electron chi connectivity index (χ4n) is 3.51. The molecule has 1 N–H and O–H groups in total. The average Bonchev–Trinajstić information content (AvgIpc) is 2.84. The van der Waals surface area contributed by atoms with Crippen LogP contribution in [0, 0.1) is 12.3 Å². The van der Waals surface area contributed by atoms with Gasteiger partial charge in [-0.2, -0.15) is 0 Å². The Hall–Kier alpha value is -1.02. The molecule has 0 amide bonds. The molecule has 2 nitrogen and oxygen atoms in total. The van der Waals surface area contributed by atoms with Crippen molar-refractivity contribution in [1.82, 2.24) is 5.32 Å². The van der Waals surface area contributed by atoms with Crippen LogP contribution in [0.15, 0.2) is 18.2 Å². The summed E-state index contributed by atoms with van der Waals surface area (Å²) in [5.41, 5.74) is 3.07. The molecule has 0 spiro atoms. The van der Waals surface area contributed by atoms with Crippen LogP contribution in [0.5, 0.6) is 5.75 Å². The number of nitrogens with one attached hydrogen (secondary N) is 1. The standard InChI is InChI=1S/C17H27NO/c1-13-7-8-15(19-4)14(11-13)12-16(18-3)17(2)9-5-6-10-17/h7-8,11,16,18H,5-6,9-10,12H2,1-4H3. The first-order valence-electron chi connectivity index (χ1n) is 7.40. The fraction of sp³-hybridized carbons (Fsp3) is 0.647. The molecule has 1 aromatic carbocycles. The number of hydrogen-bond donors (Lipinski definition) is 1. The van der Waals surface area contributed by atoms with Crippen LogP contribution in [-0.4, -0.2) is 20.2 Å². The van der Waals surface area contributed by atoms with E-state index in [1.54, 1.807) is 7.11 Å². The zero-order chi connectivity index (χ0) is 13.9. The van der Waals surface area contributed by atoms with Crippen molar-refractivity contribution < 1.29 is 4.74 Å². The minimum absolute atomic E-state index is 0.434. The number of aryl methyl sites for hydroxylation is 1. The number of benzene rings is 1. The molecule has 19 heavy (non-hydrogen) atoms. The van der Waals surface area contributed by atoms with E-state index in [1.807, 2.05) is 0 Å². The third-order valence-electron chi connectivity index (χ3n) is 4.80. The second-order valence-corrected chi connectivity index (χ2v) is 6.22. The molecule has 1 fully saturated rings. The molecule has 0 radical (unpaired) electrons. The highest BCUT2D eigenvalue weighted by Crippen LogP contribution is 2.42. The van der Waals surface area contributed by atoms with Gasteiger partial charge < -0.3 is 10.1 Å². The van der Waals surface area contributed by atoms with E-state index in [-0.39, 0.29) is 0 Å². The second-order valence-electron chi connectivity index (χ2n) is 6.22. The predicted molar refractivity (Wildman–Crippen MR) is 80.9 cm³/mol. The molecule has 2 heteroatoms. The van der Waals surface area contributed by atoms with Crippen molar-refractivity contribution in [2.45, 2.75) is 52.0 Å². The lowest BCUT2D eigenvalue weighted by molar-refractivity contribution is 0.228. The topological polar surface area (TPSA) is 21.3 Å². The Morgan fingerprint density at radius 1 is 1.32 bits per heavy atom. The van der Waals surface area contributed by atoms with Crippen molar-refractivity contribution in [1.29, 1.82) is 0 Å². The minimum Gasteiger partial charge on any atom is -0.496 e. The van der Waals surface area contributed by atoms with Crippen LogP contribution in [0.1, 0.15) is 43.7 Å². The van der Waals surface area contributed by atoms with Gasteiger partial charge in [0.2, 0.25) is 0 Å². The van der Waals surface area contributed by atoms with Crippen LogP contribution in [0.3, 0.4) is 0 Å². The maximum absolute atomic E-state index is 5.51. The van der Waals surface area contributed by atoms with Gasteiger partial charge >= 0.3 is 0 Å². The lowest BCUT2D eigenvalue weighted by Crippen LogP contribution is -2.41. The molecule has 0 heterocycles. The summed E-state index contributed by atoms with van der Waals surface area (Å²) in [6, 6.07) is 7.01. The minimum atomic E-state index is 0.434. The molecule has 1 atom stereocenters. The number of hydrogen-bond acceptors (Lipinski definition) is 2. The average molecular weight is 261 g/mol. The van der Waals surface area contributed by atoms with Gasteiger partial charge in [-0.3, -0.25) is 0 Å². The molecule has 0 bridgehead atoms. The molecule has 1 saturated carbocycles. The van der Waals surface area contributed by atoms with Crippen molar-refractivity contribution in [3.05, 3.63) is 29.3 Å². The van der Waals surface area contributed by atoms with E-state index in [9.17, 15) is 0 Å². The van der Waals surface area contributed by atoms with Crippen molar-refractivity contribution in [2.75, 3.05) is 14.2 Å². The Labute approximate surface area is 117 Å². The molecule has 0 aromatic heterocycles. The smallest absolute Gasteiger partial charge is 0.122 e. The van der Waals surface area contributed by atoms with Crippen molar-refractivity contribution in [3.63, 3.8) is 0 Å². The Kier molecular flexibility index (Phi) is 4.51. The van der Waals surface area contributed by atoms with Gasteiger partial charge in [-0.1, -0.05) is 37.5 Å². The predicted octanol–water partition coefficient (Wildman–Crippen LogP) is 3.71. The first-order valence-corrected chi connectivity index (χ1v) is 7.40. The highest BCUT2D eigenvalue weighted by atomic mass is 16.5. The largest absolute Gasteiger partial charge is 0.496 e. The first kappa shape index (κ1) is 14.4. The normalized spacial score (nSPS) is 19.4. The Bertz CT molecular complexity index is 421. The number of methoxy groups -OCH3 is 1. The van der Waals surface area contributed by atoms with Crippen molar-refractivity contribution in [3.8, 4) is 5.75 Å². The van der Waals surface area contributed by atoms with Gasteiger partial charge in [0.05, 0.1) is 7.11 Å². The van der Waals surface area contributed by atoms with Crippen LogP contribution >= 0.6 is 0 Å². The summed E-state index contributed by atoms with van der Waals surface area (Å²) in [6.45, 7) is 4.58. The van der Waals surface area contributed by atoms with Crippen molar-refractivity contribution in [2.24, 2.45) is 5.41 Å². The Morgan fingerprint density at radius 3 is 2.58 bits per heavy atom. The summed E-state index contributed by atoms with van der Waals surface area (Å²) in [5.74, 6) is 1.02. The monoisotopic (exact) mass is 261 g/mol. The van der Waals surface area contributed by atoms with Gasteiger partial charge in [-0.05, 0) is 50.3 Å². The molecule has 0 saturated heterocycles. The summed E-state index contributed by atoms with van der Waals surface area (Å²) in [5, 5.41) is 3.55. The molecule has 2 rings (SSSR count). The molecule has 106 valence electrons. The third-order valence-corrected chi connectivity index (χ3v) is 4.80. The van der Waals surface area contributed by atoms with Gasteiger partial charge in [0, 0.05) is 6.04 Å². The van der Waals surface area contributed by atoms with Gasteiger partial charge in [0.25, 0.3) is 0 Å².